The molecular formula is C22H37N3O4. The van der Waals surface area contributed by atoms with Crippen molar-refractivity contribution in [2.45, 2.75) is 64.4 Å². The number of esters is 1. The Morgan fingerprint density at radius 2 is 1.62 bits per heavy atom. The zero-order valence-corrected chi connectivity index (χ0v) is 18.1. The highest BCUT2D eigenvalue weighted by atomic mass is 16.5. The van der Waals surface area contributed by atoms with Crippen LogP contribution in [0.3, 0.4) is 0 Å². The first-order chi connectivity index (χ1) is 14.0. The second-order valence-corrected chi connectivity index (χ2v) is 8.96. The third-order valence-electron chi connectivity index (χ3n) is 6.66. The Labute approximate surface area is 174 Å². The average Bonchev–Trinajstić information content (AvgIpc) is 2.95. The van der Waals surface area contributed by atoms with Gasteiger partial charge in [0.05, 0.1) is 18.4 Å². The largest absolute Gasteiger partial charge is 0.459 e. The van der Waals surface area contributed by atoms with Gasteiger partial charge in [-0.2, -0.15) is 0 Å². The van der Waals surface area contributed by atoms with Crippen LogP contribution in [0.1, 0.15) is 58.3 Å². The van der Waals surface area contributed by atoms with E-state index in [1.165, 1.54) is 4.90 Å². The number of fused-ring (bicyclic) bond motifs is 1. The lowest BCUT2D eigenvalue weighted by Gasteiger charge is -2.35. The Morgan fingerprint density at radius 1 is 1.00 bits per heavy atom. The molecule has 0 aromatic rings. The first kappa shape index (κ1) is 22.2. The van der Waals surface area contributed by atoms with Crippen LogP contribution in [0.25, 0.3) is 0 Å². The van der Waals surface area contributed by atoms with Gasteiger partial charge in [-0.05, 0) is 26.3 Å². The summed E-state index contributed by atoms with van der Waals surface area (Å²) in [6.07, 6.45) is 6.50. The molecule has 29 heavy (non-hydrogen) atoms. The van der Waals surface area contributed by atoms with Gasteiger partial charge in [0.2, 0.25) is 11.8 Å². The van der Waals surface area contributed by atoms with Gasteiger partial charge in [0.25, 0.3) is 0 Å². The van der Waals surface area contributed by atoms with Crippen molar-refractivity contribution in [2.24, 2.45) is 11.8 Å². The van der Waals surface area contributed by atoms with E-state index in [1.807, 2.05) is 0 Å². The number of unbranched alkanes of at least 4 members (excludes halogenated alkanes) is 2. The summed E-state index contributed by atoms with van der Waals surface area (Å²) in [7, 11) is 2.10. The third-order valence-corrected chi connectivity index (χ3v) is 6.66. The van der Waals surface area contributed by atoms with E-state index in [0.29, 0.717) is 13.0 Å². The van der Waals surface area contributed by atoms with Crippen LogP contribution in [0, 0.1) is 11.8 Å². The molecular weight excluding hydrogens is 370 g/mol. The summed E-state index contributed by atoms with van der Waals surface area (Å²) in [4.78, 5) is 44.1. The van der Waals surface area contributed by atoms with Crippen LogP contribution in [0.5, 0.6) is 0 Å². The molecule has 1 unspecified atom stereocenters. The maximum atomic E-state index is 12.9. The summed E-state index contributed by atoms with van der Waals surface area (Å²) in [5.74, 6) is -0.620. The molecule has 7 heteroatoms. The Bertz CT molecular complexity index is 565. The normalized spacial score (nSPS) is 27.2. The molecule has 2 aliphatic heterocycles. The molecule has 0 spiro atoms. The SMILES string of the molecule is CCCCCC(=O)OC(CN1CCN(C)CC1)CN1C(=O)[C@H]2CCCC[C@H]2C1=O. The Balaban J connectivity index is 1.62. The quantitative estimate of drug-likeness (QED) is 0.330. The number of amides is 2. The number of imide groups is 1. The van der Waals surface area contributed by atoms with Crippen molar-refractivity contribution < 1.29 is 19.1 Å². The minimum atomic E-state index is -0.444. The minimum absolute atomic E-state index is 0.0508. The van der Waals surface area contributed by atoms with Crippen LogP contribution < -0.4 is 0 Å². The highest BCUT2D eigenvalue weighted by molar-refractivity contribution is 6.05. The predicted octanol–water partition coefficient (Wildman–Crippen LogP) is 1.90. The van der Waals surface area contributed by atoms with Crippen LogP contribution in [0.2, 0.25) is 0 Å². The summed E-state index contributed by atoms with van der Waals surface area (Å²) in [5.41, 5.74) is 0. The van der Waals surface area contributed by atoms with E-state index in [2.05, 4.69) is 23.8 Å². The van der Waals surface area contributed by atoms with E-state index < -0.39 is 6.10 Å². The zero-order valence-electron chi connectivity index (χ0n) is 18.1. The van der Waals surface area contributed by atoms with Gasteiger partial charge in [-0.1, -0.05) is 32.6 Å². The van der Waals surface area contributed by atoms with Crippen LogP contribution in [0.15, 0.2) is 0 Å². The molecule has 2 heterocycles. The predicted molar refractivity (Wildman–Crippen MR) is 110 cm³/mol. The van der Waals surface area contributed by atoms with Gasteiger partial charge in [0.15, 0.2) is 0 Å². The number of rotatable bonds is 9. The maximum Gasteiger partial charge on any atom is 0.306 e. The lowest BCUT2D eigenvalue weighted by Crippen LogP contribution is -2.50. The average molecular weight is 408 g/mol. The number of hydrogen-bond acceptors (Lipinski definition) is 6. The highest BCUT2D eigenvalue weighted by Crippen LogP contribution is 2.38. The standard InChI is InChI=1S/C22H37N3O4/c1-3-4-5-10-20(26)29-17(15-24-13-11-23(2)12-14-24)16-25-21(27)18-8-6-7-9-19(18)22(25)28/h17-19H,3-16H2,1-2H3/t17?,18-,19+. The van der Waals surface area contributed by atoms with Gasteiger partial charge in [-0.3, -0.25) is 24.2 Å². The van der Waals surface area contributed by atoms with Crippen molar-refractivity contribution >= 4 is 17.8 Å². The fraction of sp³-hybridized carbons (Fsp3) is 0.864. The third kappa shape index (κ3) is 5.79. The number of likely N-dealkylation sites (N-methyl/N-ethyl adjacent to an activating group) is 1. The number of likely N-dealkylation sites (tertiary alicyclic amines) is 1. The molecule has 0 N–H and O–H groups in total. The molecule has 0 radical (unpaired) electrons. The molecule has 0 bridgehead atoms. The molecule has 1 aliphatic carbocycles. The molecule has 1 saturated carbocycles. The van der Waals surface area contributed by atoms with Crippen molar-refractivity contribution in [1.82, 2.24) is 14.7 Å². The van der Waals surface area contributed by atoms with E-state index in [4.69, 9.17) is 4.74 Å². The van der Waals surface area contributed by atoms with Gasteiger partial charge in [0.1, 0.15) is 6.10 Å². The number of ether oxygens (including phenoxy) is 1. The fourth-order valence-electron chi connectivity index (χ4n) is 4.83. The van der Waals surface area contributed by atoms with E-state index >= 15 is 0 Å². The summed E-state index contributed by atoms with van der Waals surface area (Å²) in [6, 6.07) is 0. The first-order valence-electron chi connectivity index (χ1n) is 11.4. The number of carbonyl (C=O) groups excluding carboxylic acids is 3. The molecule has 3 rings (SSSR count). The molecule has 3 fully saturated rings. The molecule has 3 atom stereocenters. The summed E-state index contributed by atoms with van der Waals surface area (Å²) < 4.78 is 5.80. The highest BCUT2D eigenvalue weighted by Gasteiger charge is 2.48. The van der Waals surface area contributed by atoms with Crippen molar-refractivity contribution in [3.05, 3.63) is 0 Å². The summed E-state index contributed by atoms with van der Waals surface area (Å²) in [6.45, 7) is 6.66. The summed E-state index contributed by atoms with van der Waals surface area (Å²) >= 11 is 0. The lowest BCUT2D eigenvalue weighted by atomic mass is 9.81. The fourth-order valence-corrected chi connectivity index (χ4v) is 4.83. The number of piperazine rings is 1. The molecule has 0 aromatic heterocycles. The van der Waals surface area contributed by atoms with Gasteiger partial charge in [-0.25, -0.2) is 0 Å². The van der Waals surface area contributed by atoms with E-state index in [9.17, 15) is 14.4 Å². The van der Waals surface area contributed by atoms with Crippen LogP contribution >= 0.6 is 0 Å². The monoisotopic (exact) mass is 407 g/mol. The van der Waals surface area contributed by atoms with Gasteiger partial charge >= 0.3 is 5.97 Å². The van der Waals surface area contributed by atoms with E-state index in [-0.39, 0.29) is 36.2 Å². The van der Waals surface area contributed by atoms with Gasteiger partial charge in [0, 0.05) is 39.1 Å². The zero-order chi connectivity index (χ0) is 20.8. The van der Waals surface area contributed by atoms with Crippen molar-refractivity contribution in [3.63, 3.8) is 0 Å². The smallest absolute Gasteiger partial charge is 0.306 e. The molecule has 2 amide bonds. The molecule has 3 aliphatic rings. The topological polar surface area (TPSA) is 70.2 Å². The molecule has 7 nitrogen and oxygen atoms in total. The van der Waals surface area contributed by atoms with Crippen molar-refractivity contribution in [3.8, 4) is 0 Å². The second-order valence-electron chi connectivity index (χ2n) is 8.96. The number of carbonyl (C=O) groups is 3. The van der Waals surface area contributed by atoms with Crippen molar-refractivity contribution in [2.75, 3.05) is 46.3 Å². The van der Waals surface area contributed by atoms with Gasteiger partial charge in [-0.15, -0.1) is 0 Å². The van der Waals surface area contributed by atoms with Crippen LogP contribution in [-0.2, 0) is 19.1 Å². The number of hydrogen-bond donors (Lipinski definition) is 0. The Morgan fingerprint density at radius 3 is 2.21 bits per heavy atom. The van der Waals surface area contributed by atoms with E-state index in [0.717, 1.165) is 71.1 Å². The Hall–Kier alpha value is -1.47. The van der Waals surface area contributed by atoms with Crippen LogP contribution in [-0.4, -0.2) is 84.9 Å². The molecule has 164 valence electrons. The number of nitrogens with zero attached hydrogens (tertiary/aromatic N) is 3. The maximum absolute atomic E-state index is 12.9. The minimum Gasteiger partial charge on any atom is -0.459 e. The summed E-state index contributed by atoms with van der Waals surface area (Å²) in [5, 5.41) is 0. The second kappa shape index (κ2) is 10.5. The molecule has 2 saturated heterocycles. The lowest BCUT2D eigenvalue weighted by molar-refractivity contribution is -0.155. The first-order valence-corrected chi connectivity index (χ1v) is 11.4. The molecule has 0 aromatic carbocycles. The van der Waals surface area contributed by atoms with Crippen molar-refractivity contribution in [1.29, 1.82) is 0 Å². The van der Waals surface area contributed by atoms with Gasteiger partial charge < -0.3 is 9.64 Å². The van der Waals surface area contributed by atoms with Crippen LogP contribution in [0.4, 0.5) is 0 Å². The van der Waals surface area contributed by atoms with E-state index in [1.54, 1.807) is 0 Å². The Kier molecular flexibility index (Phi) is 8.07.